The first-order valence-electron chi connectivity index (χ1n) is 7.79. The molecule has 1 aliphatic heterocycles. The molecule has 0 aliphatic carbocycles. The summed E-state index contributed by atoms with van der Waals surface area (Å²) in [6.07, 6.45) is 3.38. The van der Waals surface area contributed by atoms with Crippen LogP contribution in [0.3, 0.4) is 0 Å². The molecule has 2 heterocycles. The second kappa shape index (κ2) is 6.88. The van der Waals surface area contributed by atoms with E-state index in [0.717, 1.165) is 40.4 Å². The molecule has 8 heteroatoms. The van der Waals surface area contributed by atoms with Gasteiger partial charge in [-0.2, -0.15) is 0 Å². The fourth-order valence-electron chi connectivity index (χ4n) is 2.63. The number of hydrogen-bond donors (Lipinski definition) is 1. The van der Waals surface area contributed by atoms with Gasteiger partial charge in [0.25, 0.3) is 5.24 Å². The topological polar surface area (TPSA) is 54.4 Å². The zero-order chi connectivity index (χ0) is 19.0. The molecule has 27 heavy (non-hydrogen) atoms. The summed E-state index contributed by atoms with van der Waals surface area (Å²) in [5, 5.41) is 3.07. The maximum Gasteiger partial charge on any atom is 0.289 e. The summed E-state index contributed by atoms with van der Waals surface area (Å²) in [4.78, 5) is 20.7. The molecule has 134 valence electrons. The molecule has 4 nitrogen and oxygen atoms in total. The smallest absolute Gasteiger partial charge is 0.289 e. The first-order valence-corrected chi connectivity index (χ1v) is 8.61. The number of carbonyl (C=O) groups excluding carboxylic acids is 1. The Labute approximate surface area is 155 Å². The van der Waals surface area contributed by atoms with Crippen molar-refractivity contribution in [1.82, 2.24) is 10.3 Å². The summed E-state index contributed by atoms with van der Waals surface area (Å²) in [6.45, 7) is 0. The van der Waals surface area contributed by atoms with E-state index >= 15 is 0 Å². The van der Waals surface area contributed by atoms with Crippen molar-refractivity contribution in [2.45, 2.75) is 0 Å². The zero-order valence-corrected chi connectivity index (χ0v) is 14.4. The van der Waals surface area contributed by atoms with E-state index in [1.54, 1.807) is 12.3 Å². The maximum atomic E-state index is 13.4. The largest absolute Gasteiger partial charge is 0.300 e. The van der Waals surface area contributed by atoms with Gasteiger partial charge >= 0.3 is 0 Å². The van der Waals surface area contributed by atoms with Gasteiger partial charge < -0.3 is 5.32 Å². The fraction of sp³-hybridized carbons (Fsp3) is 0. The SMILES string of the molecule is O=C1NC(=Nc2cc(F)c(F)c(F)c2)/C(=C/c2cccc3cccnc23)S1. The van der Waals surface area contributed by atoms with Gasteiger partial charge in [-0.25, -0.2) is 18.2 Å². The summed E-state index contributed by atoms with van der Waals surface area (Å²) in [7, 11) is 0. The van der Waals surface area contributed by atoms with Crippen LogP contribution in [0.1, 0.15) is 5.56 Å². The molecule has 1 N–H and O–H groups in total. The van der Waals surface area contributed by atoms with Gasteiger partial charge in [-0.05, 0) is 23.9 Å². The molecule has 1 aromatic heterocycles. The normalized spacial score (nSPS) is 17.1. The molecule has 0 radical (unpaired) electrons. The van der Waals surface area contributed by atoms with E-state index in [9.17, 15) is 18.0 Å². The summed E-state index contributed by atoms with van der Waals surface area (Å²) in [6, 6.07) is 10.9. The highest BCUT2D eigenvalue weighted by Gasteiger charge is 2.24. The van der Waals surface area contributed by atoms with Crippen molar-refractivity contribution in [3.63, 3.8) is 0 Å². The number of carbonyl (C=O) groups is 1. The number of hydrogen-bond acceptors (Lipinski definition) is 4. The number of fused-ring (bicyclic) bond motifs is 1. The van der Waals surface area contributed by atoms with Crippen LogP contribution in [0, 0.1) is 17.5 Å². The minimum Gasteiger partial charge on any atom is -0.300 e. The minimum absolute atomic E-state index is 0.128. The summed E-state index contributed by atoms with van der Waals surface area (Å²) < 4.78 is 39.9. The standard InChI is InChI=1S/C19H10F3N3OS/c20-13-8-12(9-14(21)16(13)22)24-18-15(27-19(26)25-18)7-11-4-1-3-10-5-2-6-23-17(10)11/h1-9H,(H,24,25,26)/b15-7-. The Morgan fingerprint density at radius 2 is 1.81 bits per heavy atom. The van der Waals surface area contributed by atoms with E-state index in [0.29, 0.717) is 4.91 Å². The third-order valence-electron chi connectivity index (χ3n) is 3.82. The van der Waals surface area contributed by atoms with E-state index < -0.39 is 17.5 Å². The van der Waals surface area contributed by atoms with Crippen LogP contribution in [0.5, 0.6) is 0 Å². The number of pyridine rings is 1. The average Bonchev–Trinajstić information content (AvgIpc) is 2.99. The van der Waals surface area contributed by atoms with Gasteiger partial charge in [-0.1, -0.05) is 24.3 Å². The molecular weight excluding hydrogens is 375 g/mol. The Morgan fingerprint density at radius 1 is 1.07 bits per heavy atom. The van der Waals surface area contributed by atoms with Crippen molar-refractivity contribution in [1.29, 1.82) is 0 Å². The molecule has 3 aromatic rings. The van der Waals surface area contributed by atoms with Crippen LogP contribution < -0.4 is 5.32 Å². The van der Waals surface area contributed by atoms with Gasteiger partial charge in [-0.15, -0.1) is 0 Å². The number of amides is 1. The fourth-order valence-corrected chi connectivity index (χ4v) is 3.36. The van der Waals surface area contributed by atoms with Gasteiger partial charge in [0.1, 0.15) is 5.84 Å². The Hall–Kier alpha value is -3.13. The lowest BCUT2D eigenvalue weighted by molar-refractivity contribution is 0.265. The van der Waals surface area contributed by atoms with E-state index in [-0.39, 0.29) is 16.8 Å². The molecule has 2 aromatic carbocycles. The number of aliphatic imine (C=N–C) groups is 1. The summed E-state index contributed by atoms with van der Waals surface area (Å²) in [5.74, 6) is -4.14. The molecule has 1 amide bonds. The van der Waals surface area contributed by atoms with Gasteiger partial charge in [0.2, 0.25) is 0 Å². The van der Waals surface area contributed by atoms with Crippen LogP contribution in [0.15, 0.2) is 58.6 Å². The zero-order valence-electron chi connectivity index (χ0n) is 13.5. The lowest BCUT2D eigenvalue weighted by Gasteiger charge is -2.04. The molecule has 0 spiro atoms. The van der Waals surface area contributed by atoms with Gasteiger partial charge in [0.15, 0.2) is 17.5 Å². The highest BCUT2D eigenvalue weighted by atomic mass is 32.2. The molecule has 4 rings (SSSR count). The summed E-state index contributed by atoms with van der Waals surface area (Å²) >= 11 is 0.899. The van der Waals surface area contributed by atoms with Crippen LogP contribution in [-0.4, -0.2) is 16.1 Å². The maximum absolute atomic E-state index is 13.4. The quantitative estimate of drug-likeness (QED) is 0.619. The average molecular weight is 385 g/mol. The van der Waals surface area contributed by atoms with Crippen LogP contribution in [0.25, 0.3) is 17.0 Å². The second-order valence-corrected chi connectivity index (χ2v) is 6.64. The third kappa shape index (κ3) is 3.43. The number of para-hydroxylation sites is 1. The van der Waals surface area contributed by atoms with Crippen molar-refractivity contribution in [3.05, 3.63) is 76.6 Å². The van der Waals surface area contributed by atoms with Crippen LogP contribution in [0.2, 0.25) is 0 Å². The Morgan fingerprint density at radius 3 is 2.59 bits per heavy atom. The Kier molecular flexibility index (Phi) is 4.41. The number of rotatable bonds is 2. The second-order valence-electron chi connectivity index (χ2n) is 5.63. The van der Waals surface area contributed by atoms with E-state index in [1.165, 1.54) is 0 Å². The molecule has 1 aliphatic rings. The minimum atomic E-state index is -1.57. The molecule has 1 fully saturated rings. The van der Waals surface area contributed by atoms with Gasteiger partial charge in [-0.3, -0.25) is 9.78 Å². The van der Waals surface area contributed by atoms with Gasteiger partial charge in [0, 0.05) is 29.3 Å². The van der Waals surface area contributed by atoms with Crippen molar-refractivity contribution in [3.8, 4) is 0 Å². The highest BCUT2D eigenvalue weighted by Crippen LogP contribution is 2.30. The highest BCUT2D eigenvalue weighted by molar-refractivity contribution is 8.18. The number of benzene rings is 2. The van der Waals surface area contributed by atoms with Crippen LogP contribution in [-0.2, 0) is 0 Å². The van der Waals surface area contributed by atoms with Crippen molar-refractivity contribution in [2.24, 2.45) is 4.99 Å². The van der Waals surface area contributed by atoms with Crippen molar-refractivity contribution < 1.29 is 18.0 Å². The lowest BCUT2D eigenvalue weighted by Crippen LogP contribution is -2.18. The number of halogens is 3. The van der Waals surface area contributed by atoms with Crippen LogP contribution in [0.4, 0.5) is 23.7 Å². The Balaban J connectivity index is 1.79. The molecule has 0 saturated carbocycles. The number of nitrogens with one attached hydrogen (secondary N) is 1. The van der Waals surface area contributed by atoms with E-state index in [1.807, 2.05) is 30.3 Å². The number of thioether (sulfide) groups is 1. The molecule has 0 bridgehead atoms. The Bertz CT molecular complexity index is 1120. The number of aromatic nitrogens is 1. The predicted molar refractivity (Wildman–Crippen MR) is 99.3 cm³/mol. The van der Waals surface area contributed by atoms with Crippen molar-refractivity contribution >= 4 is 45.5 Å². The van der Waals surface area contributed by atoms with Crippen LogP contribution >= 0.6 is 11.8 Å². The predicted octanol–water partition coefficient (Wildman–Crippen LogP) is 5.18. The van der Waals surface area contributed by atoms with Crippen molar-refractivity contribution in [2.75, 3.05) is 0 Å². The third-order valence-corrected chi connectivity index (χ3v) is 4.64. The lowest BCUT2D eigenvalue weighted by atomic mass is 10.1. The van der Waals surface area contributed by atoms with E-state index in [2.05, 4.69) is 15.3 Å². The van der Waals surface area contributed by atoms with E-state index in [4.69, 9.17) is 0 Å². The molecule has 1 saturated heterocycles. The summed E-state index contributed by atoms with van der Waals surface area (Å²) in [5.41, 5.74) is 1.35. The number of amidine groups is 1. The molecule has 0 atom stereocenters. The number of nitrogens with zero attached hydrogens (tertiary/aromatic N) is 2. The molecular formula is C19H10F3N3OS. The molecule has 0 unspecified atom stereocenters. The first kappa shape index (κ1) is 17.3. The first-order chi connectivity index (χ1) is 13.0. The monoisotopic (exact) mass is 385 g/mol. The van der Waals surface area contributed by atoms with Gasteiger partial charge in [0.05, 0.1) is 16.1 Å².